The van der Waals surface area contributed by atoms with Crippen LogP contribution in [0.2, 0.25) is 0 Å². The quantitative estimate of drug-likeness (QED) is 0.861. The summed E-state index contributed by atoms with van der Waals surface area (Å²) in [4.78, 5) is 7.41. The van der Waals surface area contributed by atoms with Gasteiger partial charge in [0.1, 0.15) is 11.6 Å². The first-order chi connectivity index (χ1) is 10.6. The van der Waals surface area contributed by atoms with Gasteiger partial charge in [0.25, 0.3) is 0 Å². The molecule has 0 aliphatic heterocycles. The van der Waals surface area contributed by atoms with Gasteiger partial charge in [-0.05, 0) is 18.9 Å². The molecule has 1 fully saturated rings. The molecule has 1 aliphatic rings. The second kappa shape index (κ2) is 8.04. The average Bonchev–Trinajstić information content (AvgIpc) is 3.12. The summed E-state index contributed by atoms with van der Waals surface area (Å²) in [6, 6.07) is 4.24. The van der Waals surface area contributed by atoms with Gasteiger partial charge < -0.3 is 5.73 Å². The number of hydrogen-bond acceptors (Lipinski definition) is 4. The molecule has 0 radical (unpaired) electrons. The molecule has 0 unspecified atom stereocenters. The number of halogens is 3. The van der Waals surface area contributed by atoms with E-state index < -0.39 is 11.6 Å². The summed E-state index contributed by atoms with van der Waals surface area (Å²) in [6.45, 7) is 1.19. The summed E-state index contributed by atoms with van der Waals surface area (Å²) in [5, 5.41) is 0.550. The van der Waals surface area contributed by atoms with Crippen LogP contribution in [-0.2, 0) is 13.1 Å². The number of nitrogens with zero attached hydrogens (tertiary/aromatic N) is 2. The number of rotatable bonds is 5. The Bertz CT molecular complexity index is 644. The molecule has 1 heterocycles. The Labute approximate surface area is 144 Å². The number of nitrogen functional groups attached to an aromatic ring is 1. The van der Waals surface area contributed by atoms with E-state index in [1.54, 1.807) is 6.20 Å². The molecule has 126 valence electrons. The van der Waals surface area contributed by atoms with Crippen molar-refractivity contribution < 1.29 is 8.78 Å². The second-order valence-electron chi connectivity index (χ2n) is 5.74. The highest BCUT2D eigenvalue weighted by Crippen LogP contribution is 2.28. The first-order valence-corrected chi connectivity index (χ1v) is 8.31. The van der Waals surface area contributed by atoms with Crippen molar-refractivity contribution in [3.05, 3.63) is 46.5 Å². The lowest BCUT2D eigenvalue weighted by Gasteiger charge is -2.28. The molecule has 3 nitrogen and oxygen atoms in total. The third-order valence-electron chi connectivity index (χ3n) is 4.16. The standard InChI is InChI=1S/C16H19F2N3S.ClH/c17-12-6-5-11(15(18)7-12)9-21(13-3-1-2-4-13)10-14-8-20-16(19)22-14;/h5-8,13H,1-4,9-10H2,(H2,19,20);1H. The van der Waals surface area contributed by atoms with Crippen LogP contribution in [0, 0.1) is 11.6 Å². The largest absolute Gasteiger partial charge is 0.375 e. The normalized spacial score (nSPS) is 15.1. The lowest BCUT2D eigenvalue weighted by molar-refractivity contribution is 0.180. The van der Waals surface area contributed by atoms with Gasteiger partial charge in [0, 0.05) is 41.8 Å². The third-order valence-corrected chi connectivity index (χ3v) is 4.97. The van der Waals surface area contributed by atoms with Crippen molar-refractivity contribution in [2.24, 2.45) is 0 Å². The van der Waals surface area contributed by atoms with Gasteiger partial charge in [-0.15, -0.1) is 23.7 Å². The van der Waals surface area contributed by atoms with Crippen molar-refractivity contribution in [1.29, 1.82) is 0 Å². The van der Waals surface area contributed by atoms with E-state index in [-0.39, 0.29) is 12.4 Å². The monoisotopic (exact) mass is 359 g/mol. The fraction of sp³-hybridized carbons (Fsp3) is 0.438. The maximum atomic E-state index is 13.9. The van der Waals surface area contributed by atoms with Crippen LogP contribution in [0.15, 0.2) is 24.4 Å². The molecule has 0 spiro atoms. The fourth-order valence-electron chi connectivity index (χ4n) is 3.05. The molecule has 1 aromatic heterocycles. The van der Waals surface area contributed by atoms with Crippen molar-refractivity contribution in [3.8, 4) is 0 Å². The topological polar surface area (TPSA) is 42.1 Å². The van der Waals surface area contributed by atoms with E-state index in [1.807, 2.05) is 0 Å². The summed E-state index contributed by atoms with van der Waals surface area (Å²) in [6.07, 6.45) is 6.44. The van der Waals surface area contributed by atoms with Crippen LogP contribution < -0.4 is 5.73 Å². The Morgan fingerprint density at radius 3 is 2.57 bits per heavy atom. The van der Waals surface area contributed by atoms with E-state index in [0.29, 0.717) is 29.8 Å². The van der Waals surface area contributed by atoms with Crippen molar-refractivity contribution >= 4 is 28.9 Å². The molecule has 1 aliphatic carbocycles. The zero-order valence-electron chi connectivity index (χ0n) is 12.7. The van der Waals surface area contributed by atoms with E-state index >= 15 is 0 Å². The summed E-state index contributed by atoms with van der Waals surface area (Å²) in [5.74, 6) is -1.02. The van der Waals surface area contributed by atoms with Gasteiger partial charge in [0.05, 0.1) is 0 Å². The van der Waals surface area contributed by atoms with Crippen molar-refractivity contribution in [1.82, 2.24) is 9.88 Å². The minimum Gasteiger partial charge on any atom is -0.375 e. The van der Waals surface area contributed by atoms with Gasteiger partial charge in [0.2, 0.25) is 0 Å². The van der Waals surface area contributed by atoms with Crippen LogP contribution in [0.3, 0.4) is 0 Å². The van der Waals surface area contributed by atoms with Crippen molar-refractivity contribution in [2.75, 3.05) is 5.73 Å². The van der Waals surface area contributed by atoms with Gasteiger partial charge in [0.15, 0.2) is 5.13 Å². The molecule has 0 amide bonds. The SMILES string of the molecule is Cl.Nc1ncc(CN(Cc2ccc(F)cc2F)C2CCCC2)s1. The zero-order chi connectivity index (χ0) is 15.5. The first kappa shape index (κ1) is 18.1. The minimum absolute atomic E-state index is 0. The number of benzene rings is 1. The van der Waals surface area contributed by atoms with E-state index in [4.69, 9.17) is 5.73 Å². The first-order valence-electron chi connectivity index (χ1n) is 7.50. The van der Waals surface area contributed by atoms with E-state index in [1.165, 1.54) is 36.3 Å². The Hall–Kier alpha value is -1.24. The average molecular weight is 360 g/mol. The number of nitrogens with two attached hydrogens (primary N) is 1. The molecule has 3 rings (SSSR count). The van der Waals surface area contributed by atoms with E-state index in [9.17, 15) is 8.78 Å². The van der Waals surface area contributed by atoms with Crippen LogP contribution >= 0.6 is 23.7 Å². The van der Waals surface area contributed by atoms with Crippen molar-refractivity contribution in [2.45, 2.75) is 44.8 Å². The minimum atomic E-state index is -0.538. The summed E-state index contributed by atoms with van der Waals surface area (Å²) in [5.41, 5.74) is 6.22. The van der Waals surface area contributed by atoms with Gasteiger partial charge in [-0.3, -0.25) is 4.90 Å². The predicted molar refractivity (Wildman–Crippen MR) is 91.6 cm³/mol. The summed E-state index contributed by atoms with van der Waals surface area (Å²) >= 11 is 1.46. The van der Waals surface area contributed by atoms with Crippen LogP contribution in [0.25, 0.3) is 0 Å². The number of thiazole rings is 1. The molecule has 23 heavy (non-hydrogen) atoms. The smallest absolute Gasteiger partial charge is 0.180 e. The zero-order valence-corrected chi connectivity index (χ0v) is 14.3. The second-order valence-corrected chi connectivity index (χ2v) is 6.89. The Morgan fingerprint density at radius 2 is 1.96 bits per heavy atom. The lowest BCUT2D eigenvalue weighted by Crippen LogP contribution is -2.32. The molecule has 2 N–H and O–H groups in total. The number of aromatic nitrogens is 1. The van der Waals surface area contributed by atoms with Gasteiger partial charge >= 0.3 is 0 Å². The lowest BCUT2D eigenvalue weighted by atomic mass is 10.1. The maximum Gasteiger partial charge on any atom is 0.180 e. The van der Waals surface area contributed by atoms with Gasteiger partial charge in [-0.2, -0.15) is 0 Å². The van der Waals surface area contributed by atoms with E-state index in [0.717, 1.165) is 23.8 Å². The van der Waals surface area contributed by atoms with Crippen LogP contribution in [0.4, 0.5) is 13.9 Å². The highest BCUT2D eigenvalue weighted by atomic mass is 35.5. The Kier molecular flexibility index (Phi) is 6.33. The van der Waals surface area contributed by atoms with Gasteiger partial charge in [-0.25, -0.2) is 13.8 Å². The maximum absolute atomic E-state index is 13.9. The molecule has 0 saturated heterocycles. The summed E-state index contributed by atoms with van der Waals surface area (Å²) < 4.78 is 27.0. The summed E-state index contributed by atoms with van der Waals surface area (Å²) in [7, 11) is 0. The third kappa shape index (κ3) is 4.62. The Balaban J connectivity index is 0.00000192. The fourth-order valence-corrected chi connectivity index (χ4v) is 3.76. The number of hydrogen-bond donors (Lipinski definition) is 1. The van der Waals surface area contributed by atoms with E-state index in [2.05, 4.69) is 9.88 Å². The molecule has 1 saturated carbocycles. The molecular weight excluding hydrogens is 340 g/mol. The van der Waals surface area contributed by atoms with Crippen molar-refractivity contribution in [3.63, 3.8) is 0 Å². The highest BCUT2D eigenvalue weighted by Gasteiger charge is 2.24. The number of anilines is 1. The molecule has 0 atom stereocenters. The van der Waals surface area contributed by atoms with Crippen LogP contribution in [0.5, 0.6) is 0 Å². The molecule has 0 bridgehead atoms. The van der Waals surface area contributed by atoms with Crippen LogP contribution in [0.1, 0.15) is 36.1 Å². The molecule has 7 heteroatoms. The van der Waals surface area contributed by atoms with Gasteiger partial charge in [-0.1, -0.05) is 18.9 Å². The van der Waals surface area contributed by atoms with Crippen LogP contribution in [-0.4, -0.2) is 15.9 Å². The highest BCUT2D eigenvalue weighted by molar-refractivity contribution is 7.15. The predicted octanol–water partition coefficient (Wildman–Crippen LogP) is 4.37. The Morgan fingerprint density at radius 1 is 1.22 bits per heavy atom. The molecule has 1 aromatic carbocycles. The molecule has 2 aromatic rings. The molecular formula is C16H20ClF2N3S.